The summed E-state index contributed by atoms with van der Waals surface area (Å²) in [5, 5.41) is 3.58. The van der Waals surface area contributed by atoms with Crippen LogP contribution in [0.25, 0.3) is 0 Å². The fourth-order valence-electron chi connectivity index (χ4n) is 0.693. The molecular formula is C8H8BrClN2. The first-order chi connectivity index (χ1) is 5.68. The summed E-state index contributed by atoms with van der Waals surface area (Å²) in [7, 11) is 0. The summed E-state index contributed by atoms with van der Waals surface area (Å²) in [6.45, 7) is 4.09. The molecule has 1 aromatic rings. The minimum atomic E-state index is 0.533. The molecule has 0 aliphatic rings. The molecule has 0 unspecified atom stereocenters. The van der Waals surface area contributed by atoms with Crippen molar-refractivity contribution in [2.24, 2.45) is 0 Å². The van der Waals surface area contributed by atoms with Gasteiger partial charge in [-0.1, -0.05) is 24.2 Å². The Balaban J connectivity index is 2.57. The molecule has 1 aromatic heterocycles. The van der Waals surface area contributed by atoms with Gasteiger partial charge < -0.3 is 5.32 Å². The van der Waals surface area contributed by atoms with Gasteiger partial charge in [0.1, 0.15) is 10.4 Å². The first-order valence-electron chi connectivity index (χ1n) is 3.38. The largest absolute Gasteiger partial charge is 0.365 e. The summed E-state index contributed by atoms with van der Waals surface area (Å²) >= 11 is 8.83. The van der Waals surface area contributed by atoms with Crippen LogP contribution in [-0.4, -0.2) is 11.5 Å². The number of pyridine rings is 1. The number of hydrogen-bond acceptors (Lipinski definition) is 2. The highest BCUT2D eigenvalue weighted by Gasteiger charge is 1.93. The Morgan fingerprint density at radius 3 is 3.00 bits per heavy atom. The molecule has 0 bridgehead atoms. The smallest absolute Gasteiger partial charge is 0.127 e. The molecule has 0 saturated carbocycles. The van der Waals surface area contributed by atoms with E-state index in [9.17, 15) is 0 Å². The maximum Gasteiger partial charge on any atom is 0.127 e. The molecule has 0 aromatic carbocycles. The highest BCUT2D eigenvalue weighted by molar-refractivity contribution is 9.10. The van der Waals surface area contributed by atoms with E-state index in [4.69, 9.17) is 11.6 Å². The zero-order valence-corrected chi connectivity index (χ0v) is 8.69. The molecular weight excluding hydrogens is 239 g/mol. The number of nitrogens with zero attached hydrogens (tertiary/aromatic N) is 1. The quantitative estimate of drug-likeness (QED) is 0.831. The third kappa shape index (κ3) is 3.24. The van der Waals surface area contributed by atoms with Crippen molar-refractivity contribution in [3.63, 3.8) is 0 Å². The number of hydrogen-bond donors (Lipinski definition) is 1. The third-order valence-corrected chi connectivity index (χ3v) is 1.75. The van der Waals surface area contributed by atoms with Gasteiger partial charge in [0.2, 0.25) is 0 Å². The Morgan fingerprint density at radius 2 is 2.42 bits per heavy atom. The highest BCUT2D eigenvalue weighted by atomic mass is 79.9. The molecule has 0 radical (unpaired) electrons. The zero-order valence-electron chi connectivity index (χ0n) is 6.35. The highest BCUT2D eigenvalue weighted by Crippen LogP contribution is 2.10. The van der Waals surface area contributed by atoms with Crippen LogP contribution in [0.15, 0.2) is 34.4 Å². The second-order valence-electron chi connectivity index (χ2n) is 2.22. The molecule has 0 amide bonds. The van der Waals surface area contributed by atoms with E-state index in [1.165, 1.54) is 0 Å². The molecule has 0 fully saturated rings. The number of nitrogens with one attached hydrogen (secondary N) is 1. The predicted molar refractivity (Wildman–Crippen MR) is 55.4 cm³/mol. The lowest BCUT2D eigenvalue weighted by Gasteiger charge is -2.03. The topological polar surface area (TPSA) is 24.9 Å². The lowest BCUT2D eigenvalue weighted by Crippen LogP contribution is -2.02. The molecule has 1 rings (SSSR count). The van der Waals surface area contributed by atoms with E-state index >= 15 is 0 Å². The lowest BCUT2D eigenvalue weighted by molar-refractivity contribution is 1.20. The van der Waals surface area contributed by atoms with Gasteiger partial charge in [-0.25, -0.2) is 4.98 Å². The van der Waals surface area contributed by atoms with Gasteiger partial charge in [-0.15, -0.1) is 0 Å². The van der Waals surface area contributed by atoms with Gasteiger partial charge in [-0.05, 0) is 28.1 Å². The van der Waals surface area contributed by atoms with Gasteiger partial charge in [-0.2, -0.15) is 0 Å². The van der Waals surface area contributed by atoms with Gasteiger partial charge in [0.25, 0.3) is 0 Å². The molecule has 1 N–H and O–H groups in total. The molecule has 0 atom stereocenters. The van der Waals surface area contributed by atoms with E-state index in [2.05, 4.69) is 32.8 Å². The average molecular weight is 248 g/mol. The van der Waals surface area contributed by atoms with E-state index in [0.717, 1.165) is 10.4 Å². The molecule has 0 aliphatic heterocycles. The van der Waals surface area contributed by atoms with Gasteiger partial charge in [0, 0.05) is 5.03 Å². The second kappa shape index (κ2) is 4.48. The van der Waals surface area contributed by atoms with Crippen LogP contribution < -0.4 is 5.32 Å². The maximum atomic E-state index is 5.57. The molecule has 4 heteroatoms. The first-order valence-corrected chi connectivity index (χ1v) is 4.55. The number of halogens is 2. The predicted octanol–water partition coefficient (Wildman–Crippen LogP) is 3.01. The van der Waals surface area contributed by atoms with Gasteiger partial charge in [0.05, 0.1) is 6.54 Å². The Bertz CT molecular complexity index is 288. The van der Waals surface area contributed by atoms with E-state index in [-0.39, 0.29) is 0 Å². The van der Waals surface area contributed by atoms with Crippen LogP contribution in [0, 0.1) is 0 Å². The lowest BCUT2D eigenvalue weighted by atomic mass is 10.4. The number of aromatic nitrogens is 1. The van der Waals surface area contributed by atoms with E-state index < -0.39 is 0 Å². The van der Waals surface area contributed by atoms with Gasteiger partial charge >= 0.3 is 0 Å². The fraction of sp³-hybridized carbons (Fsp3) is 0.125. The summed E-state index contributed by atoms with van der Waals surface area (Å²) < 4.78 is 0.799. The van der Waals surface area contributed by atoms with E-state index in [0.29, 0.717) is 11.6 Å². The molecule has 0 spiro atoms. The fourth-order valence-corrected chi connectivity index (χ4v) is 1.10. The molecule has 64 valence electrons. The Labute approximate surface area is 84.8 Å². The van der Waals surface area contributed by atoms with Crippen molar-refractivity contribution in [1.29, 1.82) is 0 Å². The number of anilines is 1. The van der Waals surface area contributed by atoms with Gasteiger partial charge in [0.15, 0.2) is 0 Å². The second-order valence-corrected chi connectivity index (χ2v) is 3.56. The third-order valence-electron chi connectivity index (χ3n) is 1.18. The molecule has 0 aliphatic carbocycles. The monoisotopic (exact) mass is 246 g/mol. The molecule has 1 heterocycles. The zero-order chi connectivity index (χ0) is 8.97. The van der Waals surface area contributed by atoms with Crippen molar-refractivity contribution in [3.05, 3.63) is 34.4 Å². The summed E-state index contributed by atoms with van der Waals surface area (Å²) in [6, 6.07) is 5.63. The van der Waals surface area contributed by atoms with Crippen LogP contribution >= 0.6 is 27.5 Å². The van der Waals surface area contributed by atoms with Crippen LogP contribution in [0.3, 0.4) is 0 Å². The summed E-state index contributed by atoms with van der Waals surface area (Å²) in [5.41, 5.74) is 0. The molecule has 12 heavy (non-hydrogen) atoms. The van der Waals surface area contributed by atoms with Crippen molar-refractivity contribution >= 4 is 33.3 Å². The standard InChI is InChI=1S/C8H8BrClN2/c1-6(10)5-11-8-4-2-3-7(9)12-8/h2-4H,1,5H2,(H,11,12). The SMILES string of the molecule is C=C(Cl)CNc1cccc(Br)n1. The van der Waals surface area contributed by atoms with E-state index in [1.807, 2.05) is 18.2 Å². The van der Waals surface area contributed by atoms with Crippen molar-refractivity contribution in [2.75, 3.05) is 11.9 Å². The van der Waals surface area contributed by atoms with E-state index in [1.54, 1.807) is 0 Å². The van der Waals surface area contributed by atoms with Crippen LogP contribution in [0.4, 0.5) is 5.82 Å². The maximum absolute atomic E-state index is 5.57. The summed E-state index contributed by atoms with van der Waals surface area (Å²) in [6.07, 6.45) is 0. The molecule has 0 saturated heterocycles. The Morgan fingerprint density at radius 1 is 1.67 bits per heavy atom. The summed E-state index contributed by atoms with van der Waals surface area (Å²) in [4.78, 5) is 4.15. The molecule has 2 nitrogen and oxygen atoms in total. The van der Waals surface area contributed by atoms with Crippen molar-refractivity contribution in [1.82, 2.24) is 4.98 Å². The van der Waals surface area contributed by atoms with Crippen molar-refractivity contribution in [3.8, 4) is 0 Å². The minimum absolute atomic E-state index is 0.533. The van der Waals surface area contributed by atoms with Crippen LogP contribution in [0.2, 0.25) is 0 Å². The Hall–Kier alpha value is -0.540. The van der Waals surface area contributed by atoms with Crippen LogP contribution in [0.1, 0.15) is 0 Å². The van der Waals surface area contributed by atoms with Crippen molar-refractivity contribution in [2.45, 2.75) is 0 Å². The average Bonchev–Trinajstić information content (AvgIpc) is 2.01. The van der Waals surface area contributed by atoms with Crippen LogP contribution in [0.5, 0.6) is 0 Å². The van der Waals surface area contributed by atoms with Gasteiger partial charge in [-0.3, -0.25) is 0 Å². The number of rotatable bonds is 3. The minimum Gasteiger partial charge on any atom is -0.365 e. The first kappa shape index (κ1) is 9.55. The summed E-state index contributed by atoms with van der Waals surface area (Å²) in [5.74, 6) is 0.783. The Kier molecular flexibility index (Phi) is 3.56. The normalized spacial score (nSPS) is 9.50. The van der Waals surface area contributed by atoms with Crippen LogP contribution in [-0.2, 0) is 0 Å². The van der Waals surface area contributed by atoms with Crippen molar-refractivity contribution < 1.29 is 0 Å².